The highest BCUT2D eigenvalue weighted by molar-refractivity contribution is 5.75. The Labute approximate surface area is 203 Å². The number of nitriles is 1. The summed E-state index contributed by atoms with van der Waals surface area (Å²) < 4.78 is 0. The molecule has 180 valence electrons. The Morgan fingerprint density at radius 3 is 2.32 bits per heavy atom. The van der Waals surface area contributed by atoms with Crippen molar-refractivity contribution in [3.8, 4) is 6.07 Å². The fraction of sp³-hybridized carbons (Fsp3) is 0.519. The van der Waals surface area contributed by atoms with Gasteiger partial charge in [0.1, 0.15) is 11.9 Å². The molecule has 0 bridgehead atoms. The van der Waals surface area contributed by atoms with Crippen LogP contribution in [-0.4, -0.2) is 65.1 Å². The Morgan fingerprint density at radius 2 is 1.74 bits per heavy atom. The number of rotatable bonds is 4. The standard InChI is InChI=1S/C27H36N6O/c1-21-18-32(26-13-12-24(16-28)17-29-26)19-22(2)33(21)27(34)30-25-10-6-14-31(15-7-11-25)20-23-8-4-3-5-9-23/h3-5,8-9,12-13,17,21-22,25H,6-7,10-11,14-15,18-20H2,1-2H3,(H,30,34)/t21-,22+. The van der Waals surface area contributed by atoms with Crippen molar-refractivity contribution in [1.82, 2.24) is 20.1 Å². The fourth-order valence-electron chi connectivity index (χ4n) is 5.32. The van der Waals surface area contributed by atoms with Gasteiger partial charge in [-0.25, -0.2) is 9.78 Å². The molecule has 4 rings (SSSR count). The van der Waals surface area contributed by atoms with Gasteiger partial charge in [0, 0.05) is 44.0 Å². The van der Waals surface area contributed by atoms with E-state index >= 15 is 0 Å². The third kappa shape index (κ3) is 6.06. The van der Waals surface area contributed by atoms with Crippen LogP contribution in [0.3, 0.4) is 0 Å². The van der Waals surface area contributed by atoms with Crippen LogP contribution in [0.15, 0.2) is 48.7 Å². The van der Waals surface area contributed by atoms with Crippen LogP contribution in [0.5, 0.6) is 0 Å². The lowest BCUT2D eigenvalue weighted by Gasteiger charge is -2.45. The number of nitrogens with zero attached hydrogens (tertiary/aromatic N) is 5. The smallest absolute Gasteiger partial charge is 0.318 e. The van der Waals surface area contributed by atoms with Crippen LogP contribution >= 0.6 is 0 Å². The molecule has 1 N–H and O–H groups in total. The molecule has 7 heteroatoms. The van der Waals surface area contributed by atoms with E-state index in [1.165, 1.54) is 5.56 Å². The summed E-state index contributed by atoms with van der Waals surface area (Å²) in [6, 6.07) is 16.9. The molecule has 2 aliphatic rings. The molecule has 34 heavy (non-hydrogen) atoms. The van der Waals surface area contributed by atoms with Crippen LogP contribution in [0.4, 0.5) is 10.6 Å². The Hall–Kier alpha value is -3.11. The number of hydrogen-bond acceptors (Lipinski definition) is 5. The number of amides is 2. The number of pyridine rings is 1. The quantitative estimate of drug-likeness (QED) is 0.746. The molecule has 1 aromatic heterocycles. The zero-order valence-electron chi connectivity index (χ0n) is 20.4. The lowest BCUT2D eigenvalue weighted by atomic mass is 10.0. The van der Waals surface area contributed by atoms with Gasteiger partial charge in [0.05, 0.1) is 5.56 Å². The van der Waals surface area contributed by atoms with Gasteiger partial charge in [0.25, 0.3) is 0 Å². The zero-order valence-corrected chi connectivity index (χ0v) is 20.4. The first-order chi connectivity index (χ1) is 16.5. The molecule has 3 heterocycles. The van der Waals surface area contributed by atoms with E-state index in [2.05, 4.69) is 70.3 Å². The number of aromatic nitrogens is 1. The molecule has 2 aromatic rings. The van der Waals surface area contributed by atoms with Crippen molar-refractivity contribution in [2.45, 2.75) is 64.2 Å². The summed E-state index contributed by atoms with van der Waals surface area (Å²) in [4.78, 5) is 24.4. The predicted molar refractivity (Wildman–Crippen MR) is 134 cm³/mol. The molecule has 2 atom stereocenters. The summed E-state index contributed by atoms with van der Waals surface area (Å²) in [5.74, 6) is 0.859. The van der Waals surface area contributed by atoms with E-state index in [4.69, 9.17) is 5.26 Å². The van der Waals surface area contributed by atoms with Gasteiger partial charge in [-0.05, 0) is 70.3 Å². The highest BCUT2D eigenvalue weighted by Crippen LogP contribution is 2.22. The molecule has 2 amide bonds. The van der Waals surface area contributed by atoms with Crippen molar-refractivity contribution in [3.63, 3.8) is 0 Å². The van der Waals surface area contributed by atoms with Gasteiger partial charge in [-0.1, -0.05) is 30.3 Å². The molecule has 0 saturated carbocycles. The van der Waals surface area contributed by atoms with E-state index in [9.17, 15) is 4.79 Å². The van der Waals surface area contributed by atoms with Crippen LogP contribution in [0.25, 0.3) is 0 Å². The Kier molecular flexibility index (Phi) is 8.02. The van der Waals surface area contributed by atoms with Crippen molar-refractivity contribution in [2.75, 3.05) is 31.1 Å². The predicted octanol–water partition coefficient (Wildman–Crippen LogP) is 4.01. The second-order valence-electron chi connectivity index (χ2n) is 9.72. The van der Waals surface area contributed by atoms with E-state index < -0.39 is 0 Å². The Bertz CT molecular complexity index is 951. The normalized spacial score (nSPS) is 22.5. The van der Waals surface area contributed by atoms with Crippen LogP contribution in [0, 0.1) is 11.3 Å². The molecule has 2 fully saturated rings. The van der Waals surface area contributed by atoms with Crippen LogP contribution in [0.1, 0.15) is 50.7 Å². The minimum Gasteiger partial charge on any atom is -0.353 e. The summed E-state index contributed by atoms with van der Waals surface area (Å²) in [5, 5.41) is 12.4. The SMILES string of the molecule is C[C@@H]1CN(c2ccc(C#N)cn2)C[C@H](C)N1C(=O)NC1CCCN(Cc2ccccc2)CCC1. The van der Waals surface area contributed by atoms with E-state index in [0.29, 0.717) is 5.56 Å². The van der Waals surface area contributed by atoms with Crippen LogP contribution in [-0.2, 0) is 6.54 Å². The summed E-state index contributed by atoms with van der Waals surface area (Å²) >= 11 is 0. The number of nitrogens with one attached hydrogen (secondary N) is 1. The highest BCUT2D eigenvalue weighted by atomic mass is 16.2. The van der Waals surface area contributed by atoms with Gasteiger partial charge >= 0.3 is 6.03 Å². The van der Waals surface area contributed by atoms with Crippen LogP contribution in [0.2, 0.25) is 0 Å². The van der Waals surface area contributed by atoms with E-state index in [0.717, 1.165) is 64.2 Å². The summed E-state index contributed by atoms with van der Waals surface area (Å²) in [6.07, 6.45) is 5.85. The number of likely N-dealkylation sites (tertiary alicyclic amines) is 1. The van der Waals surface area contributed by atoms with Crippen molar-refractivity contribution < 1.29 is 4.79 Å². The Morgan fingerprint density at radius 1 is 1.06 bits per heavy atom. The number of hydrogen-bond donors (Lipinski definition) is 1. The number of urea groups is 1. The average molecular weight is 461 g/mol. The van der Waals surface area contributed by atoms with Gasteiger partial charge < -0.3 is 15.1 Å². The van der Waals surface area contributed by atoms with Gasteiger partial charge in [-0.15, -0.1) is 0 Å². The Balaban J connectivity index is 1.27. The first kappa shape index (κ1) is 24.0. The molecular formula is C27H36N6O. The number of carbonyl (C=O) groups excluding carboxylic acids is 1. The molecular weight excluding hydrogens is 424 g/mol. The molecule has 0 spiro atoms. The maximum atomic E-state index is 13.3. The lowest BCUT2D eigenvalue weighted by molar-refractivity contribution is 0.135. The first-order valence-corrected chi connectivity index (χ1v) is 12.5. The summed E-state index contributed by atoms with van der Waals surface area (Å²) in [7, 11) is 0. The molecule has 7 nitrogen and oxygen atoms in total. The van der Waals surface area contributed by atoms with Crippen molar-refractivity contribution in [3.05, 3.63) is 59.8 Å². The highest BCUT2D eigenvalue weighted by Gasteiger charge is 2.34. The second kappa shape index (κ2) is 11.3. The van der Waals surface area contributed by atoms with E-state index in [1.807, 2.05) is 11.0 Å². The third-order valence-corrected chi connectivity index (χ3v) is 6.98. The minimum atomic E-state index is 0.0548. The molecule has 1 aromatic carbocycles. The number of piperazine rings is 1. The minimum absolute atomic E-state index is 0.0548. The second-order valence-corrected chi connectivity index (χ2v) is 9.72. The van der Waals surface area contributed by atoms with Gasteiger partial charge in [-0.3, -0.25) is 4.90 Å². The number of carbonyl (C=O) groups is 1. The van der Waals surface area contributed by atoms with Gasteiger partial charge in [-0.2, -0.15) is 5.26 Å². The van der Waals surface area contributed by atoms with Crippen molar-refractivity contribution in [1.29, 1.82) is 5.26 Å². The largest absolute Gasteiger partial charge is 0.353 e. The number of anilines is 1. The third-order valence-electron chi connectivity index (χ3n) is 6.98. The topological polar surface area (TPSA) is 75.5 Å². The molecule has 2 aliphatic heterocycles. The molecule has 0 unspecified atom stereocenters. The van der Waals surface area contributed by atoms with Crippen LogP contribution < -0.4 is 10.2 Å². The van der Waals surface area contributed by atoms with Gasteiger partial charge in [0.15, 0.2) is 0 Å². The maximum Gasteiger partial charge on any atom is 0.318 e. The molecule has 0 radical (unpaired) electrons. The van der Waals surface area contributed by atoms with E-state index in [-0.39, 0.29) is 24.2 Å². The summed E-state index contributed by atoms with van der Waals surface area (Å²) in [6.45, 7) is 8.82. The number of benzene rings is 1. The van der Waals surface area contributed by atoms with Crippen molar-refractivity contribution in [2.24, 2.45) is 0 Å². The first-order valence-electron chi connectivity index (χ1n) is 12.5. The van der Waals surface area contributed by atoms with E-state index in [1.54, 1.807) is 12.3 Å². The monoisotopic (exact) mass is 460 g/mol. The van der Waals surface area contributed by atoms with Gasteiger partial charge in [0.2, 0.25) is 0 Å². The van der Waals surface area contributed by atoms with Crippen molar-refractivity contribution >= 4 is 11.8 Å². The lowest BCUT2D eigenvalue weighted by Crippen LogP contribution is -2.62. The fourth-order valence-corrected chi connectivity index (χ4v) is 5.32. The zero-order chi connectivity index (χ0) is 23.9. The molecule has 2 saturated heterocycles. The maximum absolute atomic E-state index is 13.3. The summed E-state index contributed by atoms with van der Waals surface area (Å²) in [5.41, 5.74) is 1.93. The molecule has 0 aliphatic carbocycles. The average Bonchev–Trinajstić information content (AvgIpc) is 2.82.